The Bertz CT molecular complexity index is 1660. The minimum atomic E-state index is -1.10. The van der Waals surface area contributed by atoms with E-state index in [0.29, 0.717) is 16.2 Å². The standard InChI is InChI=1S/C23H18ClF2N5O6/c24-19-20(37-10-13-2-3-14(25)8-15(13)26)28-11-29(21(19)34)9-12-1-4-16-17(7-12)30(18(33)5-6-32)23(36)31(16)22(27)35/h1-4,7-8,11,32H,5-6,9-10H2,(H2,27,35). The van der Waals surface area contributed by atoms with E-state index < -0.39 is 41.4 Å². The number of aliphatic hydroxyl groups is 1. The molecule has 0 saturated heterocycles. The van der Waals surface area contributed by atoms with Crippen molar-refractivity contribution in [3.63, 3.8) is 0 Å². The lowest BCUT2D eigenvalue weighted by Gasteiger charge is -2.11. The van der Waals surface area contributed by atoms with Gasteiger partial charge in [-0.2, -0.15) is 0 Å². The first-order chi connectivity index (χ1) is 17.6. The summed E-state index contributed by atoms with van der Waals surface area (Å²) in [6.07, 6.45) is 0.762. The van der Waals surface area contributed by atoms with Crippen molar-refractivity contribution >= 4 is 34.6 Å². The molecular weight excluding hydrogens is 516 g/mol. The molecule has 4 rings (SSSR count). The number of aliphatic hydroxyl groups excluding tert-OH is 1. The predicted molar refractivity (Wildman–Crippen MR) is 127 cm³/mol. The number of hydrogen-bond donors (Lipinski definition) is 2. The molecule has 0 saturated carbocycles. The van der Waals surface area contributed by atoms with E-state index in [1.807, 2.05) is 0 Å². The molecule has 0 fully saturated rings. The van der Waals surface area contributed by atoms with Crippen LogP contribution >= 0.6 is 11.6 Å². The predicted octanol–water partition coefficient (Wildman–Crippen LogP) is 1.87. The van der Waals surface area contributed by atoms with Gasteiger partial charge in [0.2, 0.25) is 11.8 Å². The summed E-state index contributed by atoms with van der Waals surface area (Å²) in [5, 5.41) is 8.71. The molecule has 3 N–H and O–H groups in total. The quantitative estimate of drug-likeness (QED) is 0.368. The summed E-state index contributed by atoms with van der Waals surface area (Å²) in [7, 11) is 0. The van der Waals surface area contributed by atoms with E-state index in [1.165, 1.54) is 24.3 Å². The monoisotopic (exact) mass is 533 g/mol. The van der Waals surface area contributed by atoms with Crippen molar-refractivity contribution in [3.8, 4) is 5.88 Å². The van der Waals surface area contributed by atoms with Crippen LogP contribution in [0.2, 0.25) is 5.02 Å². The lowest BCUT2D eigenvalue weighted by Crippen LogP contribution is -2.35. The molecule has 0 aliphatic carbocycles. The average Bonchev–Trinajstić information content (AvgIpc) is 3.14. The van der Waals surface area contributed by atoms with Crippen LogP contribution in [-0.4, -0.2) is 42.3 Å². The fourth-order valence-electron chi connectivity index (χ4n) is 3.65. The normalized spacial score (nSPS) is 11.1. The number of nitrogens with two attached hydrogens (primary N) is 1. The number of aromatic nitrogens is 4. The van der Waals surface area contributed by atoms with E-state index in [4.69, 9.17) is 27.2 Å². The number of carbonyl (C=O) groups is 2. The number of imidazole rings is 1. The number of hydrogen-bond acceptors (Lipinski definition) is 7. The third kappa shape index (κ3) is 4.99. The molecule has 192 valence electrons. The largest absolute Gasteiger partial charge is 0.471 e. The van der Waals surface area contributed by atoms with Crippen LogP contribution in [0.25, 0.3) is 11.0 Å². The Kier molecular flexibility index (Phi) is 7.18. The van der Waals surface area contributed by atoms with Gasteiger partial charge >= 0.3 is 11.7 Å². The van der Waals surface area contributed by atoms with E-state index in [1.54, 1.807) is 0 Å². The maximum atomic E-state index is 13.8. The number of primary amides is 1. The fraction of sp³-hybridized carbons (Fsp3) is 0.174. The second-order valence-electron chi connectivity index (χ2n) is 7.80. The maximum absolute atomic E-state index is 13.8. The highest BCUT2D eigenvalue weighted by Gasteiger charge is 2.21. The minimum absolute atomic E-state index is 0.0291. The van der Waals surface area contributed by atoms with Crippen molar-refractivity contribution in [2.45, 2.75) is 19.6 Å². The number of rotatable bonds is 7. The Morgan fingerprint density at radius 3 is 2.51 bits per heavy atom. The molecular formula is C23H18ClF2N5O6. The molecule has 0 atom stereocenters. The minimum Gasteiger partial charge on any atom is -0.471 e. The zero-order chi connectivity index (χ0) is 26.9. The number of carbonyl (C=O) groups excluding carboxylic acids is 2. The lowest BCUT2D eigenvalue weighted by atomic mass is 10.2. The SMILES string of the molecule is NC(=O)n1c(=O)n(C(=O)CCO)c2cc(Cn3cnc(OCc4ccc(F)cc4F)c(Cl)c3=O)ccc21. The molecule has 2 heterocycles. The van der Waals surface area contributed by atoms with Crippen LogP contribution in [0.15, 0.2) is 52.3 Å². The van der Waals surface area contributed by atoms with Crippen LogP contribution in [0.3, 0.4) is 0 Å². The van der Waals surface area contributed by atoms with Gasteiger partial charge in [0.05, 0.1) is 30.6 Å². The Morgan fingerprint density at radius 2 is 1.84 bits per heavy atom. The molecule has 2 aromatic carbocycles. The third-order valence-corrected chi connectivity index (χ3v) is 5.71. The van der Waals surface area contributed by atoms with Crippen molar-refractivity contribution in [1.29, 1.82) is 0 Å². The second kappa shape index (κ2) is 10.3. The Hall–Kier alpha value is -4.36. The van der Waals surface area contributed by atoms with E-state index in [9.17, 15) is 28.0 Å². The number of halogens is 3. The van der Waals surface area contributed by atoms with Gasteiger partial charge in [0.1, 0.15) is 24.6 Å². The molecule has 4 aromatic rings. The Morgan fingerprint density at radius 1 is 1.08 bits per heavy atom. The van der Waals surface area contributed by atoms with E-state index >= 15 is 0 Å². The summed E-state index contributed by atoms with van der Waals surface area (Å²) in [5.41, 5.74) is 4.18. The van der Waals surface area contributed by atoms with Crippen LogP contribution in [0.5, 0.6) is 5.88 Å². The Labute approximate surface area is 210 Å². The summed E-state index contributed by atoms with van der Waals surface area (Å²) < 4.78 is 34.7. The van der Waals surface area contributed by atoms with Crippen molar-refractivity contribution < 1.29 is 28.2 Å². The van der Waals surface area contributed by atoms with Gasteiger partial charge in [-0.25, -0.2) is 32.5 Å². The smallest absolute Gasteiger partial charge is 0.344 e. The van der Waals surface area contributed by atoms with Gasteiger partial charge in [-0.05, 0) is 29.8 Å². The molecule has 14 heteroatoms. The second-order valence-corrected chi connectivity index (χ2v) is 8.18. The molecule has 0 bridgehead atoms. The van der Waals surface area contributed by atoms with Crippen LogP contribution in [0, 0.1) is 11.6 Å². The van der Waals surface area contributed by atoms with Crippen molar-refractivity contribution in [2.24, 2.45) is 5.73 Å². The summed E-state index contributed by atoms with van der Waals surface area (Å²) in [4.78, 5) is 53.6. The zero-order valence-corrected chi connectivity index (χ0v) is 19.6. The molecule has 1 amide bonds. The van der Waals surface area contributed by atoms with E-state index in [2.05, 4.69) is 4.98 Å². The number of amides is 1. The number of nitrogens with zero attached hydrogens (tertiary/aromatic N) is 4. The Balaban J connectivity index is 1.64. The summed E-state index contributed by atoms with van der Waals surface area (Å²) in [6.45, 7) is -0.969. The molecule has 0 spiro atoms. The highest BCUT2D eigenvalue weighted by Crippen LogP contribution is 2.20. The summed E-state index contributed by atoms with van der Waals surface area (Å²) in [6, 6.07) is 6.14. The van der Waals surface area contributed by atoms with Gasteiger partial charge in [-0.1, -0.05) is 17.7 Å². The van der Waals surface area contributed by atoms with Crippen LogP contribution in [0.4, 0.5) is 13.6 Å². The van der Waals surface area contributed by atoms with Crippen molar-refractivity contribution in [1.82, 2.24) is 18.7 Å². The van der Waals surface area contributed by atoms with Gasteiger partial charge in [0.25, 0.3) is 5.56 Å². The van der Waals surface area contributed by atoms with E-state index in [-0.39, 0.29) is 47.1 Å². The van der Waals surface area contributed by atoms with Gasteiger partial charge in [0.15, 0.2) is 5.02 Å². The molecule has 0 aliphatic rings. The molecule has 37 heavy (non-hydrogen) atoms. The highest BCUT2D eigenvalue weighted by molar-refractivity contribution is 6.31. The van der Waals surface area contributed by atoms with E-state index in [0.717, 1.165) is 21.5 Å². The molecule has 11 nitrogen and oxygen atoms in total. The van der Waals surface area contributed by atoms with Gasteiger partial charge in [-0.15, -0.1) is 0 Å². The lowest BCUT2D eigenvalue weighted by molar-refractivity contribution is 0.0876. The molecule has 0 radical (unpaired) electrons. The first-order valence-corrected chi connectivity index (χ1v) is 11.0. The fourth-order valence-corrected chi connectivity index (χ4v) is 3.86. The number of benzene rings is 2. The molecule has 0 unspecified atom stereocenters. The average molecular weight is 534 g/mol. The highest BCUT2D eigenvalue weighted by atomic mass is 35.5. The summed E-state index contributed by atoms with van der Waals surface area (Å²) >= 11 is 6.11. The topological polar surface area (TPSA) is 151 Å². The zero-order valence-electron chi connectivity index (χ0n) is 18.9. The van der Waals surface area contributed by atoms with Crippen molar-refractivity contribution in [2.75, 3.05) is 6.61 Å². The van der Waals surface area contributed by atoms with Gasteiger partial charge in [-0.3, -0.25) is 14.2 Å². The number of ether oxygens (including phenoxy) is 1. The van der Waals surface area contributed by atoms with Crippen LogP contribution in [0.1, 0.15) is 22.3 Å². The summed E-state index contributed by atoms with van der Waals surface area (Å²) in [5.74, 6) is -2.60. The van der Waals surface area contributed by atoms with Crippen LogP contribution < -0.4 is 21.7 Å². The molecule has 0 aliphatic heterocycles. The van der Waals surface area contributed by atoms with Gasteiger partial charge < -0.3 is 15.6 Å². The first kappa shape index (κ1) is 25.7. The molecule has 2 aromatic heterocycles. The number of fused-ring (bicyclic) bond motifs is 1. The van der Waals surface area contributed by atoms with Gasteiger partial charge in [0, 0.05) is 11.6 Å². The third-order valence-electron chi connectivity index (χ3n) is 5.38. The first-order valence-electron chi connectivity index (χ1n) is 10.6. The van der Waals surface area contributed by atoms with Crippen LogP contribution in [-0.2, 0) is 13.2 Å². The van der Waals surface area contributed by atoms with Crippen molar-refractivity contribution in [3.05, 3.63) is 91.3 Å². The maximum Gasteiger partial charge on any atom is 0.344 e.